The molecule has 5 heteroatoms. The predicted molar refractivity (Wildman–Crippen MR) is 103 cm³/mol. The largest absolute Gasteiger partial charge is 0.483 e. The van der Waals surface area contributed by atoms with Crippen molar-refractivity contribution in [1.82, 2.24) is 15.0 Å². The number of hydrogen-bond acceptors (Lipinski definition) is 4. The summed E-state index contributed by atoms with van der Waals surface area (Å²) in [6.07, 6.45) is 1.83. The molecule has 0 unspecified atom stereocenters. The van der Waals surface area contributed by atoms with Crippen molar-refractivity contribution in [3.8, 4) is 23.4 Å². The molecule has 0 atom stereocenters. The minimum atomic E-state index is -0.250. The van der Waals surface area contributed by atoms with E-state index < -0.39 is 0 Å². The Morgan fingerprint density at radius 2 is 1.77 bits per heavy atom. The molecule has 3 aromatic rings. The maximum atomic E-state index is 8.36. The molecule has 0 aliphatic heterocycles. The van der Waals surface area contributed by atoms with Crippen LogP contribution < -0.4 is 0 Å². The Bertz CT molecular complexity index is 980. The van der Waals surface area contributed by atoms with Gasteiger partial charge in [0, 0.05) is 17.0 Å². The van der Waals surface area contributed by atoms with Gasteiger partial charge in [0.05, 0.1) is 5.52 Å². The Labute approximate surface area is 153 Å². The lowest BCUT2D eigenvalue weighted by molar-refractivity contribution is -0.122. The van der Waals surface area contributed by atoms with Crippen LogP contribution in [0.3, 0.4) is 0 Å². The normalized spacial score (nSPS) is 10.3. The number of carbonyl (C=O) groups is 1. The maximum absolute atomic E-state index is 8.36. The quantitative estimate of drug-likeness (QED) is 0.530. The second kappa shape index (κ2) is 8.21. The van der Waals surface area contributed by atoms with Gasteiger partial charge in [0.25, 0.3) is 6.47 Å². The van der Waals surface area contributed by atoms with Gasteiger partial charge in [0.15, 0.2) is 5.82 Å². The van der Waals surface area contributed by atoms with Crippen LogP contribution in [0.1, 0.15) is 32.0 Å². The van der Waals surface area contributed by atoms with Crippen molar-refractivity contribution in [3.05, 3.63) is 53.9 Å². The molecule has 0 amide bonds. The molecule has 0 spiro atoms. The van der Waals surface area contributed by atoms with Crippen molar-refractivity contribution in [1.29, 1.82) is 0 Å². The van der Waals surface area contributed by atoms with Crippen LogP contribution in [0.5, 0.6) is 0 Å². The van der Waals surface area contributed by atoms with Gasteiger partial charge in [0.2, 0.25) is 0 Å². The third-order valence-electron chi connectivity index (χ3n) is 3.37. The Kier molecular flexibility index (Phi) is 6.03. The third kappa shape index (κ3) is 5.12. The van der Waals surface area contributed by atoms with E-state index in [0.29, 0.717) is 5.82 Å². The van der Waals surface area contributed by atoms with E-state index in [9.17, 15) is 0 Å². The zero-order valence-electron chi connectivity index (χ0n) is 15.3. The van der Waals surface area contributed by atoms with E-state index in [1.54, 1.807) is 0 Å². The Morgan fingerprint density at radius 1 is 1.08 bits per heavy atom. The summed E-state index contributed by atoms with van der Waals surface area (Å²) < 4.78 is 0. The molecule has 0 saturated carbocycles. The molecule has 0 aliphatic carbocycles. The lowest BCUT2D eigenvalue weighted by Crippen LogP contribution is -2.01. The highest BCUT2D eigenvalue weighted by atomic mass is 16.3. The minimum Gasteiger partial charge on any atom is -0.483 e. The van der Waals surface area contributed by atoms with E-state index in [-0.39, 0.29) is 11.9 Å². The lowest BCUT2D eigenvalue weighted by Gasteiger charge is -2.08. The van der Waals surface area contributed by atoms with Crippen LogP contribution in [0, 0.1) is 24.2 Å². The van der Waals surface area contributed by atoms with Gasteiger partial charge in [-0.2, -0.15) is 0 Å². The SMILES string of the molecule is Cc1ccc(-c2ncc3ccccc3n2)nc1C#CC(C)(C)C.O=CO. The summed E-state index contributed by atoms with van der Waals surface area (Å²) in [4.78, 5) is 22.1. The number of benzene rings is 1. The van der Waals surface area contributed by atoms with E-state index in [4.69, 9.17) is 9.90 Å². The van der Waals surface area contributed by atoms with Crippen molar-refractivity contribution in [2.45, 2.75) is 27.7 Å². The summed E-state index contributed by atoms with van der Waals surface area (Å²) in [6.45, 7) is 8.04. The first-order valence-electron chi connectivity index (χ1n) is 8.15. The van der Waals surface area contributed by atoms with Gasteiger partial charge >= 0.3 is 0 Å². The number of pyridine rings is 1. The summed E-state index contributed by atoms with van der Waals surface area (Å²) in [7, 11) is 0. The molecule has 0 aliphatic rings. The molecule has 0 fully saturated rings. The van der Waals surface area contributed by atoms with Crippen LogP contribution in [0.25, 0.3) is 22.4 Å². The molecule has 132 valence electrons. The number of rotatable bonds is 1. The van der Waals surface area contributed by atoms with Gasteiger partial charge < -0.3 is 5.11 Å². The van der Waals surface area contributed by atoms with E-state index in [1.165, 1.54) is 0 Å². The van der Waals surface area contributed by atoms with Gasteiger partial charge in [-0.05, 0) is 51.3 Å². The Balaban J connectivity index is 0.000000758. The summed E-state index contributed by atoms with van der Waals surface area (Å²) in [5.74, 6) is 7.04. The first-order valence-corrected chi connectivity index (χ1v) is 8.15. The van der Waals surface area contributed by atoms with Crippen molar-refractivity contribution in [2.24, 2.45) is 5.41 Å². The lowest BCUT2D eigenvalue weighted by atomic mass is 9.97. The average molecular weight is 347 g/mol. The monoisotopic (exact) mass is 347 g/mol. The fourth-order valence-electron chi connectivity index (χ4n) is 2.12. The highest BCUT2D eigenvalue weighted by molar-refractivity contribution is 5.79. The molecule has 0 saturated heterocycles. The minimum absolute atomic E-state index is 0.0520. The van der Waals surface area contributed by atoms with E-state index in [1.807, 2.05) is 49.5 Å². The van der Waals surface area contributed by atoms with Crippen LogP contribution in [-0.2, 0) is 4.79 Å². The summed E-state index contributed by atoms with van der Waals surface area (Å²) >= 11 is 0. The number of para-hydroxylation sites is 1. The number of nitrogens with zero attached hydrogens (tertiary/aromatic N) is 3. The second-order valence-corrected chi connectivity index (χ2v) is 6.72. The van der Waals surface area contributed by atoms with Crippen molar-refractivity contribution in [2.75, 3.05) is 0 Å². The smallest absolute Gasteiger partial charge is 0.290 e. The zero-order chi connectivity index (χ0) is 19.2. The van der Waals surface area contributed by atoms with E-state index >= 15 is 0 Å². The number of carboxylic acid groups (broad SMARTS) is 1. The number of hydrogen-bond donors (Lipinski definition) is 1. The molecular weight excluding hydrogens is 326 g/mol. The van der Waals surface area contributed by atoms with E-state index in [2.05, 4.69) is 47.6 Å². The molecule has 26 heavy (non-hydrogen) atoms. The topological polar surface area (TPSA) is 76.0 Å². The fourth-order valence-corrected chi connectivity index (χ4v) is 2.12. The summed E-state index contributed by atoms with van der Waals surface area (Å²) in [5.41, 5.74) is 3.46. The van der Waals surface area contributed by atoms with Crippen LogP contribution in [0.2, 0.25) is 0 Å². The molecule has 2 heterocycles. The van der Waals surface area contributed by atoms with Gasteiger partial charge in [-0.15, -0.1) is 0 Å². The van der Waals surface area contributed by atoms with Crippen molar-refractivity contribution in [3.63, 3.8) is 0 Å². The van der Waals surface area contributed by atoms with Crippen molar-refractivity contribution >= 4 is 17.4 Å². The van der Waals surface area contributed by atoms with Crippen LogP contribution in [-0.4, -0.2) is 26.5 Å². The molecule has 3 rings (SSSR count). The van der Waals surface area contributed by atoms with Gasteiger partial charge in [0.1, 0.15) is 11.4 Å². The second-order valence-electron chi connectivity index (χ2n) is 6.72. The average Bonchev–Trinajstić information content (AvgIpc) is 2.60. The van der Waals surface area contributed by atoms with Gasteiger partial charge in [-0.25, -0.2) is 15.0 Å². The molecule has 2 aromatic heterocycles. The standard InChI is InChI=1S/C20H19N3.CH2O2/c1-14-9-10-18(22-16(14)11-12-20(2,3)4)19-21-13-15-7-5-6-8-17(15)23-19;2-1-3/h5-10,13H,1-4H3;1H,(H,2,3). The molecule has 5 nitrogen and oxygen atoms in total. The highest BCUT2D eigenvalue weighted by Gasteiger charge is 2.08. The van der Waals surface area contributed by atoms with Crippen LogP contribution >= 0.6 is 0 Å². The number of aryl methyl sites for hydroxylation is 1. The number of aromatic nitrogens is 3. The fraction of sp³-hybridized carbons (Fsp3) is 0.238. The number of fused-ring (bicyclic) bond motifs is 1. The van der Waals surface area contributed by atoms with Crippen molar-refractivity contribution < 1.29 is 9.90 Å². The predicted octanol–water partition coefficient (Wildman–Crippen LogP) is 4.10. The highest BCUT2D eigenvalue weighted by Crippen LogP contribution is 2.18. The van der Waals surface area contributed by atoms with Crippen LogP contribution in [0.15, 0.2) is 42.6 Å². The maximum Gasteiger partial charge on any atom is 0.290 e. The molecular formula is C21H21N3O2. The third-order valence-corrected chi connectivity index (χ3v) is 3.37. The first kappa shape index (κ1) is 19.1. The molecule has 1 N–H and O–H groups in total. The molecule has 0 bridgehead atoms. The Morgan fingerprint density at radius 3 is 2.46 bits per heavy atom. The van der Waals surface area contributed by atoms with Gasteiger partial charge in [-0.1, -0.05) is 30.2 Å². The van der Waals surface area contributed by atoms with Crippen LogP contribution in [0.4, 0.5) is 0 Å². The summed E-state index contributed by atoms with van der Waals surface area (Å²) in [6, 6.07) is 11.9. The first-order chi connectivity index (χ1) is 12.3. The van der Waals surface area contributed by atoms with E-state index in [0.717, 1.165) is 27.9 Å². The molecule has 0 radical (unpaired) electrons. The Hall–Kier alpha value is -3.26. The zero-order valence-corrected chi connectivity index (χ0v) is 15.3. The molecule has 1 aromatic carbocycles. The summed E-state index contributed by atoms with van der Waals surface area (Å²) in [5, 5.41) is 7.91. The van der Waals surface area contributed by atoms with Gasteiger partial charge in [-0.3, -0.25) is 4.79 Å².